The van der Waals surface area contributed by atoms with Crippen LogP contribution in [0, 0.1) is 0 Å². The highest BCUT2D eigenvalue weighted by Crippen LogP contribution is 2.31. The van der Waals surface area contributed by atoms with E-state index in [-0.39, 0.29) is 0 Å². The van der Waals surface area contributed by atoms with Crippen molar-refractivity contribution in [3.05, 3.63) is 54.1 Å². The van der Waals surface area contributed by atoms with Gasteiger partial charge < -0.3 is 0 Å². The third-order valence-corrected chi connectivity index (χ3v) is 4.13. The lowest BCUT2D eigenvalue weighted by Crippen LogP contribution is -1.88. The van der Waals surface area contributed by atoms with Gasteiger partial charge in [0.05, 0.1) is 5.69 Å². The van der Waals surface area contributed by atoms with Crippen LogP contribution in [0.3, 0.4) is 0 Å². The molecule has 0 aliphatic heterocycles. The predicted molar refractivity (Wildman–Crippen MR) is 96.7 cm³/mol. The molecule has 2 aromatic rings. The molecule has 2 aromatic carbocycles. The van der Waals surface area contributed by atoms with Crippen LogP contribution < -0.4 is 0 Å². The SMILES string of the molecule is CCCCCCCCc1ccc(N=C=O)c(-c2ccccc2)c1. The van der Waals surface area contributed by atoms with Crippen LogP contribution in [0.2, 0.25) is 0 Å². The predicted octanol–water partition coefficient (Wildman–Crippen LogP) is 6.22. The first-order valence-electron chi connectivity index (χ1n) is 8.61. The number of rotatable bonds is 9. The molecule has 0 spiro atoms. The molecule has 0 N–H and O–H groups in total. The number of aliphatic imine (C=N–C) groups is 1. The summed E-state index contributed by atoms with van der Waals surface area (Å²) in [6, 6.07) is 16.3. The maximum Gasteiger partial charge on any atom is 0.240 e. The average molecular weight is 307 g/mol. The van der Waals surface area contributed by atoms with Crippen molar-refractivity contribution in [2.24, 2.45) is 4.99 Å². The third-order valence-electron chi connectivity index (χ3n) is 4.13. The molecule has 2 rings (SSSR count). The number of isocyanates is 1. The molecule has 0 aliphatic rings. The minimum Gasteiger partial charge on any atom is -0.211 e. The molecule has 0 saturated carbocycles. The van der Waals surface area contributed by atoms with Crippen molar-refractivity contribution in [3.63, 3.8) is 0 Å². The van der Waals surface area contributed by atoms with Gasteiger partial charge in [-0.25, -0.2) is 4.79 Å². The summed E-state index contributed by atoms with van der Waals surface area (Å²) in [5.74, 6) is 0. The molecular weight excluding hydrogens is 282 g/mol. The minimum absolute atomic E-state index is 0.692. The van der Waals surface area contributed by atoms with Crippen LogP contribution in [0.15, 0.2) is 53.5 Å². The van der Waals surface area contributed by atoms with Gasteiger partial charge >= 0.3 is 0 Å². The lowest BCUT2D eigenvalue weighted by atomic mass is 9.98. The van der Waals surface area contributed by atoms with E-state index in [1.807, 2.05) is 36.4 Å². The Morgan fingerprint density at radius 1 is 0.913 bits per heavy atom. The zero-order valence-electron chi connectivity index (χ0n) is 13.9. The molecule has 0 heterocycles. The Labute approximate surface area is 139 Å². The van der Waals surface area contributed by atoms with E-state index in [1.54, 1.807) is 6.08 Å². The molecule has 0 saturated heterocycles. The summed E-state index contributed by atoms with van der Waals surface area (Å²) in [7, 11) is 0. The maximum absolute atomic E-state index is 10.6. The lowest BCUT2D eigenvalue weighted by molar-refractivity contribution is 0.565. The van der Waals surface area contributed by atoms with Crippen molar-refractivity contribution in [3.8, 4) is 11.1 Å². The first-order valence-corrected chi connectivity index (χ1v) is 8.61. The quantitative estimate of drug-likeness (QED) is 0.307. The fraction of sp³-hybridized carbons (Fsp3) is 0.381. The highest BCUT2D eigenvalue weighted by Gasteiger charge is 2.06. The first-order chi connectivity index (χ1) is 11.3. The van der Waals surface area contributed by atoms with Gasteiger partial charge in [0, 0.05) is 5.56 Å². The molecule has 0 radical (unpaired) electrons. The number of aryl methyl sites for hydroxylation is 1. The number of hydrogen-bond acceptors (Lipinski definition) is 2. The van der Waals surface area contributed by atoms with Crippen LogP contribution in [0.5, 0.6) is 0 Å². The Bertz CT molecular complexity index is 642. The van der Waals surface area contributed by atoms with Crippen molar-refractivity contribution in [2.45, 2.75) is 51.9 Å². The largest absolute Gasteiger partial charge is 0.240 e. The van der Waals surface area contributed by atoms with Crippen molar-refractivity contribution in [1.82, 2.24) is 0 Å². The topological polar surface area (TPSA) is 29.4 Å². The summed E-state index contributed by atoms with van der Waals surface area (Å²) in [6.07, 6.45) is 10.6. The molecule has 23 heavy (non-hydrogen) atoms. The average Bonchev–Trinajstić information content (AvgIpc) is 2.60. The van der Waals surface area contributed by atoms with Crippen molar-refractivity contribution in [1.29, 1.82) is 0 Å². The summed E-state index contributed by atoms with van der Waals surface area (Å²) in [6.45, 7) is 2.24. The van der Waals surface area contributed by atoms with E-state index in [0.717, 1.165) is 17.5 Å². The van der Waals surface area contributed by atoms with Gasteiger partial charge in [-0.2, -0.15) is 4.99 Å². The molecule has 120 valence electrons. The smallest absolute Gasteiger partial charge is 0.211 e. The Hall–Kier alpha value is -2.18. The van der Waals surface area contributed by atoms with Gasteiger partial charge in [0.2, 0.25) is 6.08 Å². The van der Waals surface area contributed by atoms with E-state index < -0.39 is 0 Å². The van der Waals surface area contributed by atoms with E-state index in [0.29, 0.717) is 5.69 Å². The van der Waals surface area contributed by atoms with Gasteiger partial charge in [0.1, 0.15) is 0 Å². The zero-order valence-corrected chi connectivity index (χ0v) is 13.9. The Balaban J connectivity index is 2.06. The molecule has 0 fully saturated rings. The molecule has 2 heteroatoms. The maximum atomic E-state index is 10.6. The second-order valence-electron chi connectivity index (χ2n) is 5.94. The molecule has 0 bridgehead atoms. The van der Waals surface area contributed by atoms with Crippen molar-refractivity contribution < 1.29 is 4.79 Å². The fourth-order valence-corrected chi connectivity index (χ4v) is 2.84. The number of hydrogen-bond donors (Lipinski definition) is 0. The van der Waals surface area contributed by atoms with Crippen molar-refractivity contribution >= 4 is 11.8 Å². The Kier molecular flexibility index (Phi) is 7.29. The van der Waals surface area contributed by atoms with E-state index in [9.17, 15) is 4.79 Å². The summed E-state index contributed by atoms with van der Waals surface area (Å²) in [5.41, 5.74) is 4.10. The molecule has 0 amide bonds. The molecule has 2 nitrogen and oxygen atoms in total. The normalized spacial score (nSPS) is 10.3. The first kappa shape index (κ1) is 17.2. The van der Waals surface area contributed by atoms with Gasteiger partial charge in [-0.15, -0.1) is 0 Å². The molecule has 0 aromatic heterocycles. The van der Waals surface area contributed by atoms with E-state index in [2.05, 4.69) is 24.0 Å². The molecule has 0 unspecified atom stereocenters. The summed E-state index contributed by atoms with van der Waals surface area (Å²) in [5, 5.41) is 0. The minimum atomic E-state index is 0.692. The van der Waals surface area contributed by atoms with Crippen molar-refractivity contribution in [2.75, 3.05) is 0 Å². The van der Waals surface area contributed by atoms with Crippen LogP contribution >= 0.6 is 0 Å². The van der Waals surface area contributed by atoms with Gasteiger partial charge in [-0.05, 0) is 36.1 Å². The molecular formula is C21H25NO. The van der Waals surface area contributed by atoms with Gasteiger partial charge in [-0.1, -0.05) is 75.4 Å². The second-order valence-corrected chi connectivity index (χ2v) is 5.94. The lowest BCUT2D eigenvalue weighted by Gasteiger charge is -2.09. The van der Waals surface area contributed by atoms with Gasteiger partial charge in [-0.3, -0.25) is 0 Å². The number of carbonyl (C=O) groups excluding carboxylic acids is 1. The van der Waals surface area contributed by atoms with Crippen LogP contribution in [0.4, 0.5) is 5.69 Å². The monoisotopic (exact) mass is 307 g/mol. The highest BCUT2D eigenvalue weighted by atomic mass is 16.1. The Morgan fingerprint density at radius 3 is 2.39 bits per heavy atom. The summed E-state index contributed by atoms with van der Waals surface area (Å²) >= 11 is 0. The number of benzene rings is 2. The second kappa shape index (κ2) is 9.76. The Morgan fingerprint density at radius 2 is 1.65 bits per heavy atom. The zero-order chi connectivity index (χ0) is 16.3. The van der Waals surface area contributed by atoms with Crippen LogP contribution in [-0.4, -0.2) is 6.08 Å². The number of nitrogens with zero attached hydrogens (tertiary/aromatic N) is 1. The van der Waals surface area contributed by atoms with Crippen LogP contribution in [-0.2, 0) is 11.2 Å². The van der Waals surface area contributed by atoms with Gasteiger partial charge in [0.15, 0.2) is 0 Å². The summed E-state index contributed by atoms with van der Waals surface area (Å²) < 4.78 is 0. The molecule has 0 aliphatic carbocycles. The van der Waals surface area contributed by atoms with E-state index >= 15 is 0 Å². The van der Waals surface area contributed by atoms with Crippen LogP contribution in [0.1, 0.15) is 51.0 Å². The third kappa shape index (κ3) is 5.50. The fourth-order valence-electron chi connectivity index (χ4n) is 2.84. The van der Waals surface area contributed by atoms with E-state index in [1.165, 1.54) is 44.1 Å². The highest BCUT2D eigenvalue weighted by molar-refractivity contribution is 5.77. The number of unbranched alkanes of at least 4 members (excludes halogenated alkanes) is 5. The van der Waals surface area contributed by atoms with Crippen LogP contribution in [0.25, 0.3) is 11.1 Å². The summed E-state index contributed by atoms with van der Waals surface area (Å²) in [4.78, 5) is 14.5. The van der Waals surface area contributed by atoms with E-state index in [4.69, 9.17) is 0 Å². The molecule has 0 atom stereocenters. The van der Waals surface area contributed by atoms with Gasteiger partial charge in [0.25, 0.3) is 0 Å². The standard InChI is InChI=1S/C21H25NO/c1-2-3-4-5-6-8-11-18-14-15-21(22-17-23)20(16-18)19-12-9-7-10-13-19/h7,9-10,12-16H,2-6,8,11H2,1H3.